The van der Waals surface area contributed by atoms with Crippen LogP contribution in [0.1, 0.15) is 16.9 Å². The lowest BCUT2D eigenvalue weighted by atomic mass is 10.1. The Morgan fingerprint density at radius 1 is 1.23 bits per heavy atom. The average Bonchev–Trinajstić information content (AvgIpc) is 2.99. The molecule has 0 saturated carbocycles. The normalized spacial score (nSPS) is 11.0. The third-order valence-electron chi connectivity index (χ3n) is 3.35. The first-order chi connectivity index (χ1) is 10.2. The molecule has 0 radical (unpaired) electrons. The minimum atomic E-state index is 0. The van der Waals surface area contributed by atoms with Crippen LogP contribution in [0.4, 0.5) is 0 Å². The Morgan fingerprint density at radius 2 is 1.95 bits per heavy atom. The van der Waals surface area contributed by atoms with Gasteiger partial charge in [0, 0.05) is 33.6 Å². The van der Waals surface area contributed by atoms with Crippen LogP contribution >= 0.6 is 24.0 Å². The molecule has 0 saturated heterocycles. The van der Waals surface area contributed by atoms with Crippen molar-refractivity contribution in [3.8, 4) is 0 Å². The first-order valence-corrected chi connectivity index (χ1v) is 7.19. The molecule has 0 aliphatic heterocycles. The number of furan rings is 1. The molecule has 2 rings (SSSR count). The van der Waals surface area contributed by atoms with Crippen molar-refractivity contribution in [1.82, 2.24) is 10.2 Å². The Hall–Kier alpha value is -1.50. The lowest BCUT2D eigenvalue weighted by Gasteiger charge is -2.22. The second-order valence-corrected chi connectivity index (χ2v) is 5.15. The van der Waals surface area contributed by atoms with Gasteiger partial charge in [0.2, 0.25) is 0 Å². The van der Waals surface area contributed by atoms with Gasteiger partial charge in [-0.3, -0.25) is 4.99 Å². The molecule has 2 aromatic rings. The van der Waals surface area contributed by atoms with Crippen molar-refractivity contribution in [2.75, 3.05) is 20.6 Å². The number of benzene rings is 1. The van der Waals surface area contributed by atoms with Crippen LogP contribution in [0.15, 0.2) is 52.1 Å². The van der Waals surface area contributed by atoms with Gasteiger partial charge in [0.15, 0.2) is 5.96 Å². The van der Waals surface area contributed by atoms with Crippen molar-refractivity contribution in [3.63, 3.8) is 0 Å². The standard InChI is InChI=1S/C17H23N3O.HI/c1-14-6-8-15(9-7-14)13-20(3)17(18-2)19-11-10-16-5-4-12-21-16;/h4-9,12H,10-11,13H2,1-3H3,(H,18,19);1H. The summed E-state index contributed by atoms with van der Waals surface area (Å²) >= 11 is 0. The second kappa shape index (κ2) is 9.50. The molecule has 0 amide bonds. The summed E-state index contributed by atoms with van der Waals surface area (Å²) < 4.78 is 5.32. The SMILES string of the molecule is CN=C(NCCc1ccco1)N(C)Cc1ccc(C)cc1.I. The summed E-state index contributed by atoms with van der Waals surface area (Å²) in [6.45, 7) is 3.74. The lowest BCUT2D eigenvalue weighted by Crippen LogP contribution is -2.39. The first-order valence-electron chi connectivity index (χ1n) is 7.19. The number of aliphatic imine (C=N–C) groups is 1. The Bertz CT molecular complexity index is 564. The van der Waals surface area contributed by atoms with Gasteiger partial charge in [-0.05, 0) is 24.6 Å². The van der Waals surface area contributed by atoms with Crippen LogP contribution in [-0.2, 0) is 13.0 Å². The smallest absolute Gasteiger partial charge is 0.193 e. The number of hydrogen-bond donors (Lipinski definition) is 1. The highest BCUT2D eigenvalue weighted by atomic mass is 127. The van der Waals surface area contributed by atoms with Crippen LogP contribution in [-0.4, -0.2) is 31.5 Å². The quantitative estimate of drug-likeness (QED) is 0.464. The molecular weight excluding hydrogens is 389 g/mol. The molecule has 0 spiro atoms. The van der Waals surface area contributed by atoms with E-state index in [4.69, 9.17) is 4.42 Å². The third-order valence-corrected chi connectivity index (χ3v) is 3.35. The summed E-state index contributed by atoms with van der Waals surface area (Å²) in [5.74, 6) is 1.88. The van der Waals surface area contributed by atoms with E-state index in [1.807, 2.05) is 19.2 Å². The highest BCUT2D eigenvalue weighted by Gasteiger charge is 2.06. The van der Waals surface area contributed by atoms with E-state index >= 15 is 0 Å². The zero-order chi connectivity index (χ0) is 15.1. The lowest BCUT2D eigenvalue weighted by molar-refractivity contribution is 0.469. The predicted molar refractivity (Wildman–Crippen MR) is 102 cm³/mol. The van der Waals surface area contributed by atoms with Gasteiger partial charge in [0.25, 0.3) is 0 Å². The molecule has 0 atom stereocenters. The minimum absolute atomic E-state index is 0. The molecule has 0 aliphatic carbocycles. The maximum Gasteiger partial charge on any atom is 0.193 e. The molecule has 1 heterocycles. The Balaban J connectivity index is 0.00000242. The van der Waals surface area contributed by atoms with Crippen molar-refractivity contribution in [2.45, 2.75) is 19.9 Å². The summed E-state index contributed by atoms with van der Waals surface area (Å²) in [4.78, 5) is 6.44. The Morgan fingerprint density at radius 3 is 2.55 bits per heavy atom. The third kappa shape index (κ3) is 5.71. The summed E-state index contributed by atoms with van der Waals surface area (Å²) in [6, 6.07) is 12.5. The van der Waals surface area contributed by atoms with Gasteiger partial charge in [0.05, 0.1) is 6.26 Å². The molecule has 4 nitrogen and oxygen atoms in total. The number of guanidine groups is 1. The highest BCUT2D eigenvalue weighted by molar-refractivity contribution is 14.0. The second-order valence-electron chi connectivity index (χ2n) is 5.15. The fourth-order valence-electron chi connectivity index (χ4n) is 2.18. The summed E-state index contributed by atoms with van der Waals surface area (Å²) in [7, 11) is 3.85. The van der Waals surface area contributed by atoms with Crippen molar-refractivity contribution in [2.24, 2.45) is 4.99 Å². The van der Waals surface area contributed by atoms with Gasteiger partial charge in [-0.1, -0.05) is 29.8 Å². The van der Waals surface area contributed by atoms with Gasteiger partial charge in [0.1, 0.15) is 5.76 Å². The number of aryl methyl sites for hydroxylation is 1. The van der Waals surface area contributed by atoms with E-state index in [2.05, 4.69) is 46.4 Å². The summed E-state index contributed by atoms with van der Waals surface area (Å²) in [6.07, 6.45) is 2.55. The Labute approximate surface area is 149 Å². The molecule has 0 unspecified atom stereocenters. The molecule has 22 heavy (non-hydrogen) atoms. The molecule has 1 N–H and O–H groups in total. The highest BCUT2D eigenvalue weighted by Crippen LogP contribution is 2.06. The van der Waals surface area contributed by atoms with E-state index < -0.39 is 0 Å². The molecular formula is C17H24IN3O. The number of halogens is 1. The maximum atomic E-state index is 5.32. The fourth-order valence-corrected chi connectivity index (χ4v) is 2.18. The summed E-state index contributed by atoms with van der Waals surface area (Å²) in [5.41, 5.74) is 2.56. The van der Waals surface area contributed by atoms with E-state index in [0.717, 1.165) is 31.2 Å². The van der Waals surface area contributed by atoms with E-state index in [1.54, 1.807) is 13.3 Å². The first kappa shape index (κ1) is 18.5. The number of nitrogens with one attached hydrogen (secondary N) is 1. The minimum Gasteiger partial charge on any atom is -0.469 e. The number of rotatable bonds is 5. The molecule has 5 heteroatoms. The van der Waals surface area contributed by atoms with Crippen LogP contribution < -0.4 is 5.32 Å². The van der Waals surface area contributed by atoms with Crippen molar-refractivity contribution < 1.29 is 4.42 Å². The molecule has 120 valence electrons. The largest absolute Gasteiger partial charge is 0.469 e. The molecule has 1 aromatic heterocycles. The fraction of sp³-hybridized carbons (Fsp3) is 0.353. The average molecular weight is 413 g/mol. The summed E-state index contributed by atoms with van der Waals surface area (Å²) in [5, 5.41) is 3.36. The van der Waals surface area contributed by atoms with Gasteiger partial charge in [-0.15, -0.1) is 24.0 Å². The van der Waals surface area contributed by atoms with E-state index in [-0.39, 0.29) is 24.0 Å². The van der Waals surface area contributed by atoms with Crippen LogP contribution in [0.3, 0.4) is 0 Å². The molecule has 0 aliphatic rings. The monoisotopic (exact) mass is 413 g/mol. The van der Waals surface area contributed by atoms with E-state index in [1.165, 1.54) is 11.1 Å². The maximum absolute atomic E-state index is 5.32. The van der Waals surface area contributed by atoms with Gasteiger partial charge in [-0.25, -0.2) is 0 Å². The van der Waals surface area contributed by atoms with E-state index in [0.29, 0.717) is 0 Å². The number of nitrogens with zero attached hydrogens (tertiary/aromatic N) is 2. The number of hydrogen-bond acceptors (Lipinski definition) is 2. The van der Waals surface area contributed by atoms with E-state index in [9.17, 15) is 0 Å². The zero-order valence-electron chi connectivity index (χ0n) is 13.4. The molecule has 0 bridgehead atoms. The van der Waals surface area contributed by atoms with Crippen molar-refractivity contribution in [1.29, 1.82) is 0 Å². The Kier molecular flexibility index (Phi) is 8.01. The zero-order valence-corrected chi connectivity index (χ0v) is 15.7. The molecule has 0 fully saturated rings. The van der Waals surface area contributed by atoms with Crippen LogP contribution in [0.25, 0.3) is 0 Å². The van der Waals surface area contributed by atoms with Crippen LogP contribution in [0.2, 0.25) is 0 Å². The topological polar surface area (TPSA) is 40.8 Å². The van der Waals surface area contributed by atoms with Crippen molar-refractivity contribution >= 4 is 29.9 Å². The van der Waals surface area contributed by atoms with Crippen LogP contribution in [0.5, 0.6) is 0 Å². The van der Waals surface area contributed by atoms with Gasteiger partial charge in [-0.2, -0.15) is 0 Å². The van der Waals surface area contributed by atoms with Crippen molar-refractivity contribution in [3.05, 3.63) is 59.5 Å². The molecule has 1 aromatic carbocycles. The van der Waals surface area contributed by atoms with Crippen LogP contribution in [0, 0.1) is 6.92 Å². The van der Waals surface area contributed by atoms with Gasteiger partial charge >= 0.3 is 0 Å². The van der Waals surface area contributed by atoms with Gasteiger partial charge < -0.3 is 14.6 Å². The predicted octanol–water partition coefficient (Wildman–Crippen LogP) is 3.46.